The van der Waals surface area contributed by atoms with Gasteiger partial charge in [0.05, 0.1) is 0 Å². The minimum atomic E-state index is 0.0645. The Balaban J connectivity index is 1.91. The third-order valence-electron chi connectivity index (χ3n) is 3.86. The van der Waals surface area contributed by atoms with Crippen LogP contribution in [0.3, 0.4) is 0 Å². The molecule has 0 N–H and O–H groups in total. The minimum Gasteiger partial charge on any atom is -0.337 e. The molecule has 2 aromatic heterocycles. The number of fused-ring (bicyclic) bond motifs is 1. The lowest BCUT2D eigenvalue weighted by Gasteiger charge is -2.30. The van der Waals surface area contributed by atoms with Crippen LogP contribution in [0.1, 0.15) is 35.9 Å². The highest BCUT2D eigenvalue weighted by Crippen LogP contribution is 2.18. The molecule has 4 nitrogen and oxygen atoms in total. The van der Waals surface area contributed by atoms with Crippen molar-refractivity contribution in [1.29, 1.82) is 0 Å². The molecule has 1 unspecified atom stereocenters. The van der Waals surface area contributed by atoms with E-state index in [1.54, 1.807) is 0 Å². The number of carbonyl (C=O) groups excluding carboxylic acids is 1. The predicted molar refractivity (Wildman–Crippen MR) is 74.2 cm³/mol. The van der Waals surface area contributed by atoms with Gasteiger partial charge in [0.25, 0.3) is 5.91 Å². The number of hydrogen-bond donors (Lipinski definition) is 0. The average molecular weight is 257 g/mol. The van der Waals surface area contributed by atoms with E-state index < -0.39 is 0 Å². The van der Waals surface area contributed by atoms with Gasteiger partial charge in [-0.05, 0) is 37.8 Å². The van der Waals surface area contributed by atoms with Crippen LogP contribution in [0.25, 0.3) is 5.65 Å². The van der Waals surface area contributed by atoms with Crippen molar-refractivity contribution in [2.75, 3.05) is 13.1 Å². The molecule has 1 saturated heterocycles. The SMILES string of the molecule is Cc1cccc2nc(C(=O)N3CCCC(C)C3)cn12. The van der Waals surface area contributed by atoms with Crippen LogP contribution in [0.15, 0.2) is 24.4 Å². The predicted octanol–water partition coefficient (Wildman–Crippen LogP) is 2.51. The molecule has 1 atom stereocenters. The Labute approximate surface area is 113 Å². The van der Waals surface area contributed by atoms with E-state index in [0.29, 0.717) is 11.6 Å². The van der Waals surface area contributed by atoms with E-state index in [2.05, 4.69) is 11.9 Å². The number of nitrogens with zero attached hydrogens (tertiary/aromatic N) is 3. The zero-order chi connectivity index (χ0) is 13.4. The Morgan fingerprint density at radius 2 is 2.26 bits per heavy atom. The monoisotopic (exact) mass is 257 g/mol. The van der Waals surface area contributed by atoms with Gasteiger partial charge in [0.1, 0.15) is 11.3 Å². The molecule has 1 aliphatic rings. The first-order valence-corrected chi connectivity index (χ1v) is 6.89. The minimum absolute atomic E-state index is 0.0645. The summed E-state index contributed by atoms with van der Waals surface area (Å²) in [6.45, 7) is 5.93. The number of likely N-dealkylation sites (tertiary alicyclic amines) is 1. The summed E-state index contributed by atoms with van der Waals surface area (Å²) in [6, 6.07) is 5.92. The maximum atomic E-state index is 12.5. The normalized spacial score (nSPS) is 19.9. The molecule has 0 saturated carbocycles. The van der Waals surface area contributed by atoms with Crippen molar-refractivity contribution < 1.29 is 4.79 Å². The van der Waals surface area contributed by atoms with Crippen LogP contribution in [0, 0.1) is 12.8 Å². The molecule has 0 bridgehead atoms. The largest absolute Gasteiger partial charge is 0.337 e. The zero-order valence-electron chi connectivity index (χ0n) is 11.5. The van der Waals surface area contributed by atoms with Crippen LogP contribution in [0.2, 0.25) is 0 Å². The van der Waals surface area contributed by atoms with Crippen LogP contribution in [0.5, 0.6) is 0 Å². The summed E-state index contributed by atoms with van der Waals surface area (Å²) < 4.78 is 1.97. The lowest BCUT2D eigenvalue weighted by Crippen LogP contribution is -2.39. The molecular formula is C15H19N3O. The quantitative estimate of drug-likeness (QED) is 0.787. The van der Waals surface area contributed by atoms with Crippen molar-refractivity contribution >= 4 is 11.6 Å². The second-order valence-corrected chi connectivity index (χ2v) is 5.52. The number of pyridine rings is 1. The van der Waals surface area contributed by atoms with E-state index in [0.717, 1.165) is 30.9 Å². The number of hydrogen-bond acceptors (Lipinski definition) is 2. The van der Waals surface area contributed by atoms with Gasteiger partial charge in [-0.2, -0.15) is 0 Å². The number of aryl methyl sites for hydroxylation is 1. The van der Waals surface area contributed by atoms with E-state index in [1.807, 2.05) is 40.6 Å². The highest BCUT2D eigenvalue weighted by molar-refractivity contribution is 5.93. The van der Waals surface area contributed by atoms with Gasteiger partial charge in [-0.15, -0.1) is 0 Å². The van der Waals surface area contributed by atoms with E-state index in [1.165, 1.54) is 6.42 Å². The molecule has 4 heteroatoms. The number of piperidine rings is 1. The number of aromatic nitrogens is 2. The Bertz CT molecular complexity index is 617. The third-order valence-corrected chi connectivity index (χ3v) is 3.86. The maximum absolute atomic E-state index is 12.5. The highest BCUT2D eigenvalue weighted by Gasteiger charge is 2.23. The first-order chi connectivity index (χ1) is 9.15. The highest BCUT2D eigenvalue weighted by atomic mass is 16.2. The number of rotatable bonds is 1. The average Bonchev–Trinajstić information content (AvgIpc) is 2.83. The van der Waals surface area contributed by atoms with Gasteiger partial charge in [0.2, 0.25) is 0 Å². The topological polar surface area (TPSA) is 37.6 Å². The molecule has 19 heavy (non-hydrogen) atoms. The van der Waals surface area contributed by atoms with Crippen LogP contribution in [0.4, 0.5) is 0 Å². The molecule has 100 valence electrons. The first kappa shape index (κ1) is 12.2. The van der Waals surface area contributed by atoms with Crippen molar-refractivity contribution in [2.45, 2.75) is 26.7 Å². The van der Waals surface area contributed by atoms with Crippen LogP contribution < -0.4 is 0 Å². The van der Waals surface area contributed by atoms with E-state index in [9.17, 15) is 4.79 Å². The van der Waals surface area contributed by atoms with Crippen molar-refractivity contribution in [3.8, 4) is 0 Å². The van der Waals surface area contributed by atoms with Gasteiger partial charge in [0.15, 0.2) is 0 Å². The van der Waals surface area contributed by atoms with Crippen molar-refractivity contribution in [1.82, 2.24) is 14.3 Å². The summed E-state index contributed by atoms with van der Waals surface area (Å²) in [5, 5.41) is 0. The molecule has 0 radical (unpaired) electrons. The first-order valence-electron chi connectivity index (χ1n) is 6.89. The summed E-state index contributed by atoms with van der Waals surface area (Å²) >= 11 is 0. The Morgan fingerprint density at radius 3 is 3.00 bits per heavy atom. The Kier molecular flexibility index (Phi) is 3.01. The summed E-state index contributed by atoms with van der Waals surface area (Å²) in [5.74, 6) is 0.658. The molecule has 1 amide bonds. The lowest BCUT2D eigenvalue weighted by molar-refractivity contribution is 0.0678. The van der Waals surface area contributed by atoms with E-state index in [-0.39, 0.29) is 5.91 Å². The molecule has 0 aromatic carbocycles. The molecular weight excluding hydrogens is 238 g/mol. The number of carbonyl (C=O) groups is 1. The fourth-order valence-corrected chi connectivity index (χ4v) is 2.79. The van der Waals surface area contributed by atoms with E-state index in [4.69, 9.17) is 0 Å². The summed E-state index contributed by atoms with van der Waals surface area (Å²) in [6.07, 6.45) is 4.17. The van der Waals surface area contributed by atoms with Gasteiger partial charge in [0, 0.05) is 25.0 Å². The third kappa shape index (κ3) is 2.23. The Morgan fingerprint density at radius 1 is 1.42 bits per heavy atom. The second kappa shape index (κ2) is 4.68. The van der Waals surface area contributed by atoms with Gasteiger partial charge in [-0.25, -0.2) is 4.98 Å². The lowest BCUT2D eigenvalue weighted by atomic mass is 10.0. The summed E-state index contributed by atoms with van der Waals surface area (Å²) in [7, 11) is 0. The fraction of sp³-hybridized carbons (Fsp3) is 0.467. The van der Waals surface area contributed by atoms with Crippen molar-refractivity contribution in [2.24, 2.45) is 5.92 Å². The molecule has 0 aliphatic carbocycles. The van der Waals surface area contributed by atoms with Gasteiger partial charge in [-0.1, -0.05) is 13.0 Å². The number of amides is 1. The van der Waals surface area contributed by atoms with Crippen LogP contribution in [-0.4, -0.2) is 33.3 Å². The number of imidazole rings is 1. The Hall–Kier alpha value is -1.84. The second-order valence-electron chi connectivity index (χ2n) is 5.52. The smallest absolute Gasteiger partial charge is 0.274 e. The molecule has 0 spiro atoms. The molecule has 3 heterocycles. The van der Waals surface area contributed by atoms with Gasteiger partial charge >= 0.3 is 0 Å². The fourth-order valence-electron chi connectivity index (χ4n) is 2.79. The van der Waals surface area contributed by atoms with Gasteiger partial charge in [-0.3, -0.25) is 4.79 Å². The van der Waals surface area contributed by atoms with Crippen LogP contribution >= 0.6 is 0 Å². The molecule has 1 aliphatic heterocycles. The summed E-state index contributed by atoms with van der Waals surface area (Å²) in [5.41, 5.74) is 2.49. The maximum Gasteiger partial charge on any atom is 0.274 e. The molecule has 1 fully saturated rings. The zero-order valence-corrected chi connectivity index (χ0v) is 11.5. The van der Waals surface area contributed by atoms with Crippen LogP contribution in [-0.2, 0) is 0 Å². The van der Waals surface area contributed by atoms with E-state index >= 15 is 0 Å². The molecule has 3 rings (SSSR count). The standard InChI is InChI=1S/C15H19N3O/c1-11-5-4-8-17(9-11)15(19)13-10-18-12(2)6-3-7-14(18)16-13/h3,6-7,10-11H,4-5,8-9H2,1-2H3. The van der Waals surface area contributed by atoms with Crippen molar-refractivity contribution in [3.05, 3.63) is 35.8 Å². The van der Waals surface area contributed by atoms with Gasteiger partial charge < -0.3 is 9.30 Å². The molecule has 2 aromatic rings. The van der Waals surface area contributed by atoms with Crippen molar-refractivity contribution in [3.63, 3.8) is 0 Å². The summed E-state index contributed by atoms with van der Waals surface area (Å²) in [4.78, 5) is 18.9.